The first-order chi connectivity index (χ1) is 28.6. The van der Waals surface area contributed by atoms with Crippen LogP contribution in [0.4, 0.5) is 0 Å². The number of hydrogen-bond acceptors (Lipinski definition) is 2. The number of hydrogen-bond donors (Lipinski definition) is 0. The summed E-state index contributed by atoms with van der Waals surface area (Å²) in [4.78, 5) is 1.41. The van der Waals surface area contributed by atoms with Crippen LogP contribution in [0, 0.1) is 0 Å². The molecule has 8 aromatic carbocycles. The number of thiophene rings is 1. The van der Waals surface area contributed by atoms with Crippen molar-refractivity contribution in [1.29, 1.82) is 0 Å². The first-order valence-corrected chi connectivity index (χ1v) is 21.5. The molecule has 2 heterocycles. The molecule has 1 aromatic heterocycles. The molecule has 0 radical (unpaired) electrons. The zero-order valence-corrected chi connectivity index (χ0v) is 33.9. The largest absolute Gasteiger partial charge is 0.135 e. The van der Waals surface area contributed by atoms with E-state index in [0.29, 0.717) is 0 Å². The predicted octanol–water partition coefficient (Wildman–Crippen LogP) is 16.8. The first-order valence-electron chi connectivity index (χ1n) is 19.7. The SMILES string of the molecule is C=Cc1cccc(-c2c(C=C)c(C=C)c(-c3ccc4cc(-c5ccc6sc7cc8ccc9c(c8cc7c6c5)SC/C=C\C=C/C9)ccc4c3)c3ccccc23)c1C=C. The van der Waals surface area contributed by atoms with Crippen LogP contribution in [0.5, 0.6) is 0 Å². The van der Waals surface area contributed by atoms with Crippen LogP contribution in [0.2, 0.25) is 0 Å². The highest BCUT2D eigenvalue weighted by atomic mass is 32.2. The number of benzene rings is 8. The Bertz CT molecular complexity index is 3270. The molecule has 0 N–H and O–H groups in total. The van der Waals surface area contributed by atoms with E-state index in [-0.39, 0.29) is 0 Å². The van der Waals surface area contributed by atoms with Gasteiger partial charge in [-0.25, -0.2) is 0 Å². The highest BCUT2D eigenvalue weighted by Gasteiger charge is 2.21. The summed E-state index contributed by atoms with van der Waals surface area (Å²) in [5, 5.41) is 10.1. The topological polar surface area (TPSA) is 0 Å². The summed E-state index contributed by atoms with van der Waals surface area (Å²) in [6, 6.07) is 45.2. The molecule has 0 bridgehead atoms. The van der Waals surface area contributed by atoms with Crippen LogP contribution in [0.3, 0.4) is 0 Å². The minimum Gasteiger partial charge on any atom is -0.135 e. The molecule has 0 atom stereocenters. The van der Waals surface area contributed by atoms with E-state index < -0.39 is 0 Å². The molecular formula is C56H40S2. The molecule has 0 nitrogen and oxygen atoms in total. The quantitative estimate of drug-likeness (QED) is 0.155. The van der Waals surface area contributed by atoms with Crippen LogP contribution in [0.15, 0.2) is 177 Å². The highest BCUT2D eigenvalue weighted by Crippen LogP contribution is 2.46. The van der Waals surface area contributed by atoms with Gasteiger partial charge in [0.15, 0.2) is 0 Å². The third-order valence-corrected chi connectivity index (χ3v) is 13.9. The maximum atomic E-state index is 4.34. The van der Waals surface area contributed by atoms with Crippen LogP contribution >= 0.6 is 23.1 Å². The Morgan fingerprint density at radius 2 is 1.14 bits per heavy atom. The van der Waals surface area contributed by atoms with Gasteiger partial charge in [-0.3, -0.25) is 0 Å². The van der Waals surface area contributed by atoms with Gasteiger partial charge >= 0.3 is 0 Å². The number of rotatable bonds is 7. The molecular weight excluding hydrogens is 737 g/mol. The van der Waals surface area contributed by atoms with E-state index in [0.717, 1.165) is 62.1 Å². The lowest BCUT2D eigenvalue weighted by atomic mass is 9.81. The number of fused-ring (bicyclic) bond motifs is 8. The zero-order valence-electron chi connectivity index (χ0n) is 32.2. The van der Waals surface area contributed by atoms with Crippen LogP contribution in [-0.4, -0.2) is 5.75 Å². The third kappa shape index (κ3) is 5.91. The van der Waals surface area contributed by atoms with Gasteiger partial charge in [0.05, 0.1) is 0 Å². The average molecular weight is 777 g/mol. The van der Waals surface area contributed by atoms with E-state index in [4.69, 9.17) is 0 Å². The normalized spacial score (nSPS) is 13.9. The minimum atomic E-state index is 0.953. The second kappa shape index (κ2) is 14.8. The standard InChI is InChI=1S/C56H40S2/c1-5-35-17-15-20-46(43(35)6-2)55-45(8-4)44(7-3)54(47-18-12-13-19-48(47)55)42-26-24-37-30-38(22-23-39(37)31-42)40-27-28-52-50(32-40)51-34-49-41(33-53(51)58-52)25-21-36-16-11-9-10-14-29-57-56(36)49/h5-15,17-28,30-34H,1-4,16,29H2/b11-9-,14-10-. The average Bonchev–Trinajstić information content (AvgIpc) is 3.68. The van der Waals surface area contributed by atoms with Crippen LogP contribution in [0.1, 0.15) is 27.8 Å². The van der Waals surface area contributed by atoms with Gasteiger partial charge in [-0.05, 0) is 136 Å². The molecule has 0 unspecified atom stereocenters. The van der Waals surface area contributed by atoms with Gasteiger partial charge in [-0.2, -0.15) is 0 Å². The molecule has 1 aliphatic rings. The molecule has 0 amide bonds. The van der Waals surface area contributed by atoms with Crippen molar-refractivity contribution in [2.24, 2.45) is 0 Å². The molecule has 10 rings (SSSR count). The molecule has 0 fully saturated rings. The van der Waals surface area contributed by atoms with Crippen molar-refractivity contribution >= 4 is 99.9 Å². The molecule has 2 heteroatoms. The third-order valence-electron chi connectivity index (χ3n) is 11.7. The summed E-state index contributed by atoms with van der Waals surface area (Å²) >= 11 is 3.84. The smallest absolute Gasteiger partial charge is 0.0361 e. The molecule has 0 spiro atoms. The molecule has 1 aliphatic heterocycles. The molecule has 9 aromatic rings. The van der Waals surface area contributed by atoms with E-state index in [1.165, 1.54) is 68.7 Å². The summed E-state index contributed by atoms with van der Waals surface area (Å²) < 4.78 is 2.66. The maximum Gasteiger partial charge on any atom is 0.0361 e. The Balaban J connectivity index is 1.08. The van der Waals surface area contributed by atoms with Crippen LogP contribution in [0.25, 0.3) is 110 Å². The lowest BCUT2D eigenvalue weighted by Gasteiger charge is -2.22. The summed E-state index contributed by atoms with van der Waals surface area (Å²) in [6.45, 7) is 16.9. The maximum absolute atomic E-state index is 4.34. The van der Waals surface area contributed by atoms with E-state index in [9.17, 15) is 0 Å². The van der Waals surface area contributed by atoms with Crippen molar-refractivity contribution in [2.45, 2.75) is 11.3 Å². The second-order valence-electron chi connectivity index (χ2n) is 14.8. The lowest BCUT2D eigenvalue weighted by molar-refractivity contribution is 1.21. The fourth-order valence-electron chi connectivity index (χ4n) is 8.95. The van der Waals surface area contributed by atoms with Crippen molar-refractivity contribution in [3.05, 3.63) is 200 Å². The molecule has 0 aliphatic carbocycles. The molecule has 0 saturated heterocycles. The molecule has 58 heavy (non-hydrogen) atoms. The fraction of sp³-hybridized carbons (Fsp3) is 0.0357. The summed E-state index contributed by atoms with van der Waals surface area (Å²) in [7, 11) is 0. The minimum absolute atomic E-state index is 0.953. The Labute approximate surface area is 348 Å². The predicted molar refractivity (Wildman–Crippen MR) is 261 cm³/mol. The Morgan fingerprint density at radius 1 is 0.466 bits per heavy atom. The Hall–Kier alpha value is -6.45. The van der Waals surface area contributed by atoms with Crippen molar-refractivity contribution in [3.63, 3.8) is 0 Å². The molecule has 276 valence electrons. The highest BCUT2D eigenvalue weighted by molar-refractivity contribution is 7.99. The van der Waals surface area contributed by atoms with Gasteiger partial charge in [0.1, 0.15) is 0 Å². The Kier molecular flexibility index (Phi) is 9.17. The number of thioether (sulfide) groups is 1. The molecule has 0 saturated carbocycles. The van der Waals surface area contributed by atoms with Gasteiger partial charge in [-0.15, -0.1) is 23.1 Å². The monoisotopic (exact) mass is 776 g/mol. The Morgan fingerprint density at radius 3 is 1.93 bits per heavy atom. The van der Waals surface area contributed by atoms with Gasteiger partial charge in [0, 0.05) is 30.8 Å². The summed E-state index contributed by atoms with van der Waals surface area (Å²) in [5.74, 6) is 0.975. The van der Waals surface area contributed by atoms with E-state index in [1.54, 1.807) is 0 Å². The second-order valence-corrected chi connectivity index (χ2v) is 16.9. The first kappa shape index (κ1) is 35.9. The van der Waals surface area contributed by atoms with Crippen molar-refractivity contribution < 1.29 is 0 Å². The zero-order chi connectivity index (χ0) is 39.3. The van der Waals surface area contributed by atoms with E-state index in [2.05, 4.69) is 172 Å². The number of allylic oxidation sites excluding steroid dienone is 3. The van der Waals surface area contributed by atoms with Crippen LogP contribution < -0.4 is 0 Å². The lowest BCUT2D eigenvalue weighted by Crippen LogP contribution is -1.98. The van der Waals surface area contributed by atoms with Gasteiger partial charge in [0.25, 0.3) is 0 Å². The van der Waals surface area contributed by atoms with Gasteiger partial charge in [-0.1, -0.05) is 160 Å². The van der Waals surface area contributed by atoms with E-state index in [1.807, 2.05) is 47.4 Å². The van der Waals surface area contributed by atoms with Crippen molar-refractivity contribution in [1.82, 2.24) is 0 Å². The summed E-state index contributed by atoms with van der Waals surface area (Å²) in [5.41, 5.74) is 12.6. The van der Waals surface area contributed by atoms with Crippen molar-refractivity contribution in [2.75, 3.05) is 5.75 Å². The van der Waals surface area contributed by atoms with Gasteiger partial charge in [0.2, 0.25) is 0 Å². The van der Waals surface area contributed by atoms with Crippen molar-refractivity contribution in [3.8, 4) is 33.4 Å². The van der Waals surface area contributed by atoms with E-state index >= 15 is 0 Å². The van der Waals surface area contributed by atoms with Crippen LogP contribution in [-0.2, 0) is 6.42 Å². The van der Waals surface area contributed by atoms with Gasteiger partial charge < -0.3 is 0 Å². The fourth-order valence-corrected chi connectivity index (χ4v) is 11.1. The summed E-state index contributed by atoms with van der Waals surface area (Å²) in [6.07, 6.45) is 17.6.